The predicted molar refractivity (Wildman–Crippen MR) is 84.6 cm³/mol. The largest absolute Gasteiger partial charge is 0.493 e. The lowest BCUT2D eigenvalue weighted by Crippen LogP contribution is -2.09. The molecule has 0 aliphatic carbocycles. The van der Waals surface area contributed by atoms with Crippen molar-refractivity contribution in [3.8, 4) is 11.5 Å². The number of anilines is 1. The van der Waals surface area contributed by atoms with Crippen molar-refractivity contribution in [3.05, 3.63) is 30.4 Å². The van der Waals surface area contributed by atoms with E-state index < -0.39 is 5.97 Å². The first-order valence-electron chi connectivity index (χ1n) is 6.98. The van der Waals surface area contributed by atoms with Gasteiger partial charge in [-0.05, 0) is 6.42 Å². The molecule has 0 aromatic heterocycles. The van der Waals surface area contributed by atoms with Gasteiger partial charge in [0.2, 0.25) is 0 Å². The van der Waals surface area contributed by atoms with Gasteiger partial charge in [0.1, 0.15) is 6.61 Å². The molecular weight excluding hydrogens is 302 g/mol. The molecule has 0 amide bonds. The lowest BCUT2D eigenvalue weighted by atomic mass is 10.1. The van der Waals surface area contributed by atoms with Crippen molar-refractivity contribution in [2.75, 3.05) is 33.2 Å². The molecule has 0 bridgehead atoms. The van der Waals surface area contributed by atoms with Crippen LogP contribution in [0.2, 0.25) is 0 Å². The fourth-order valence-corrected chi connectivity index (χ4v) is 1.76. The van der Waals surface area contributed by atoms with Crippen molar-refractivity contribution in [1.82, 2.24) is 0 Å². The van der Waals surface area contributed by atoms with E-state index in [1.54, 1.807) is 0 Å². The molecule has 0 saturated heterocycles. The third-order valence-corrected chi connectivity index (χ3v) is 2.89. The number of methoxy groups -OCH3 is 2. The summed E-state index contributed by atoms with van der Waals surface area (Å²) in [7, 11) is 2.72. The molecule has 2 N–H and O–H groups in total. The van der Waals surface area contributed by atoms with Crippen LogP contribution in [-0.4, -0.2) is 39.4 Å². The third-order valence-electron chi connectivity index (χ3n) is 2.89. The first-order valence-corrected chi connectivity index (χ1v) is 6.98. The van der Waals surface area contributed by atoms with E-state index in [1.165, 1.54) is 32.4 Å². The third kappa shape index (κ3) is 5.54. The highest BCUT2D eigenvalue weighted by Crippen LogP contribution is 2.32. The van der Waals surface area contributed by atoms with Crippen LogP contribution in [0.3, 0.4) is 0 Å². The number of hydrogen-bond donors (Lipinski definition) is 1. The van der Waals surface area contributed by atoms with Crippen molar-refractivity contribution in [2.45, 2.75) is 12.8 Å². The van der Waals surface area contributed by atoms with Crippen LogP contribution in [0.1, 0.15) is 23.2 Å². The molecule has 0 fully saturated rings. The summed E-state index contributed by atoms with van der Waals surface area (Å²) in [5, 5.41) is 0. The van der Waals surface area contributed by atoms with Crippen molar-refractivity contribution >= 4 is 17.6 Å². The zero-order valence-corrected chi connectivity index (χ0v) is 13.3. The van der Waals surface area contributed by atoms with Gasteiger partial charge in [0.05, 0.1) is 32.1 Å². The molecule has 0 radical (unpaired) electrons. The van der Waals surface area contributed by atoms with Crippen LogP contribution in [0.15, 0.2) is 24.8 Å². The van der Waals surface area contributed by atoms with Crippen LogP contribution in [-0.2, 0) is 14.3 Å². The number of carbonyl (C=O) groups excluding carboxylic acids is 2. The number of carbonyl (C=O) groups is 2. The standard InChI is InChI=1S/C16H21NO6/c1-4-7-23-15(18)6-5-8-22-14-10-12(17)11(16(19)21-3)9-13(14)20-2/h4,9-10H,1,5-8,17H2,2-3H3. The quantitative estimate of drug-likeness (QED) is 0.321. The van der Waals surface area contributed by atoms with E-state index in [4.69, 9.17) is 19.9 Å². The molecule has 23 heavy (non-hydrogen) atoms. The SMILES string of the molecule is C=CCOC(=O)CCCOc1cc(N)c(C(=O)OC)cc1OC. The molecule has 126 valence electrons. The van der Waals surface area contributed by atoms with E-state index >= 15 is 0 Å². The Morgan fingerprint density at radius 3 is 2.61 bits per heavy atom. The summed E-state index contributed by atoms with van der Waals surface area (Å²) in [6, 6.07) is 2.94. The molecule has 1 rings (SSSR count). The van der Waals surface area contributed by atoms with E-state index in [-0.39, 0.29) is 36.9 Å². The van der Waals surface area contributed by atoms with Gasteiger partial charge in [0.25, 0.3) is 0 Å². The molecule has 0 aliphatic heterocycles. The van der Waals surface area contributed by atoms with Crippen molar-refractivity contribution < 1.29 is 28.5 Å². The molecule has 0 saturated carbocycles. The van der Waals surface area contributed by atoms with E-state index in [0.29, 0.717) is 17.9 Å². The van der Waals surface area contributed by atoms with Crippen LogP contribution >= 0.6 is 0 Å². The zero-order chi connectivity index (χ0) is 17.2. The summed E-state index contributed by atoms with van der Waals surface area (Å²) in [5.41, 5.74) is 6.23. The maximum Gasteiger partial charge on any atom is 0.340 e. The van der Waals surface area contributed by atoms with Gasteiger partial charge in [-0.25, -0.2) is 4.79 Å². The van der Waals surface area contributed by atoms with E-state index in [1.807, 2.05) is 0 Å². The van der Waals surface area contributed by atoms with E-state index in [2.05, 4.69) is 11.3 Å². The Kier molecular flexibility index (Phi) is 7.45. The second kappa shape index (κ2) is 9.34. The Morgan fingerprint density at radius 2 is 2.00 bits per heavy atom. The minimum Gasteiger partial charge on any atom is -0.493 e. The number of nitrogen functional groups attached to an aromatic ring is 1. The smallest absolute Gasteiger partial charge is 0.340 e. The van der Waals surface area contributed by atoms with Gasteiger partial charge in [0, 0.05) is 18.6 Å². The molecule has 7 heteroatoms. The first-order chi connectivity index (χ1) is 11.0. The normalized spacial score (nSPS) is 9.83. The Labute approximate surface area is 135 Å². The van der Waals surface area contributed by atoms with Crippen LogP contribution < -0.4 is 15.2 Å². The fraction of sp³-hybridized carbons (Fsp3) is 0.375. The number of hydrogen-bond acceptors (Lipinski definition) is 7. The van der Waals surface area contributed by atoms with Crippen molar-refractivity contribution in [2.24, 2.45) is 0 Å². The fourth-order valence-electron chi connectivity index (χ4n) is 1.76. The number of nitrogens with two attached hydrogens (primary N) is 1. The number of ether oxygens (including phenoxy) is 4. The second-order valence-corrected chi connectivity index (χ2v) is 4.51. The number of rotatable bonds is 9. The van der Waals surface area contributed by atoms with Gasteiger partial charge in [-0.15, -0.1) is 0 Å². The molecular formula is C16H21NO6. The zero-order valence-electron chi connectivity index (χ0n) is 13.3. The van der Waals surface area contributed by atoms with Crippen molar-refractivity contribution in [1.29, 1.82) is 0 Å². The maximum absolute atomic E-state index is 11.6. The second-order valence-electron chi connectivity index (χ2n) is 4.51. The van der Waals surface area contributed by atoms with Crippen LogP contribution in [0, 0.1) is 0 Å². The maximum atomic E-state index is 11.6. The van der Waals surface area contributed by atoms with Gasteiger partial charge < -0.3 is 24.7 Å². The monoisotopic (exact) mass is 323 g/mol. The van der Waals surface area contributed by atoms with Crippen LogP contribution in [0.4, 0.5) is 5.69 Å². The van der Waals surface area contributed by atoms with E-state index in [9.17, 15) is 9.59 Å². The molecule has 0 aliphatic rings. The minimum atomic E-state index is -0.558. The lowest BCUT2D eigenvalue weighted by molar-refractivity contribution is -0.142. The van der Waals surface area contributed by atoms with Gasteiger partial charge in [-0.2, -0.15) is 0 Å². The Hall–Kier alpha value is -2.70. The van der Waals surface area contributed by atoms with Crippen LogP contribution in [0.25, 0.3) is 0 Å². The molecule has 7 nitrogen and oxygen atoms in total. The topological polar surface area (TPSA) is 97.1 Å². The van der Waals surface area contributed by atoms with Gasteiger partial charge in [-0.3, -0.25) is 4.79 Å². The molecule has 0 unspecified atom stereocenters. The first kappa shape index (κ1) is 18.3. The average molecular weight is 323 g/mol. The highest BCUT2D eigenvalue weighted by molar-refractivity contribution is 5.96. The number of esters is 2. The summed E-state index contributed by atoms with van der Waals surface area (Å²) in [5.74, 6) is -0.135. The summed E-state index contributed by atoms with van der Waals surface area (Å²) < 4.78 is 20.2. The Bertz CT molecular complexity index is 570. The van der Waals surface area contributed by atoms with Gasteiger partial charge in [0.15, 0.2) is 11.5 Å². The molecule has 0 spiro atoms. The lowest BCUT2D eigenvalue weighted by Gasteiger charge is -2.13. The minimum absolute atomic E-state index is 0.193. The Balaban J connectivity index is 2.63. The van der Waals surface area contributed by atoms with E-state index in [0.717, 1.165) is 0 Å². The van der Waals surface area contributed by atoms with Crippen molar-refractivity contribution in [3.63, 3.8) is 0 Å². The summed E-state index contributed by atoms with van der Waals surface area (Å²) in [6.45, 7) is 3.93. The van der Waals surface area contributed by atoms with Gasteiger partial charge >= 0.3 is 11.9 Å². The van der Waals surface area contributed by atoms with Gasteiger partial charge in [-0.1, -0.05) is 12.7 Å². The molecule has 0 heterocycles. The highest BCUT2D eigenvalue weighted by Gasteiger charge is 2.16. The summed E-state index contributed by atoms with van der Waals surface area (Å²) in [6.07, 6.45) is 2.20. The molecule has 1 aromatic carbocycles. The highest BCUT2D eigenvalue weighted by atomic mass is 16.5. The molecule has 1 aromatic rings. The Morgan fingerprint density at radius 1 is 1.26 bits per heavy atom. The van der Waals surface area contributed by atoms with Crippen LogP contribution in [0.5, 0.6) is 11.5 Å². The predicted octanol–water partition coefficient (Wildman–Crippen LogP) is 1.95. The summed E-state index contributed by atoms with van der Waals surface area (Å²) in [4.78, 5) is 22.9. The number of benzene rings is 1. The average Bonchev–Trinajstić information content (AvgIpc) is 2.56. The summed E-state index contributed by atoms with van der Waals surface area (Å²) >= 11 is 0. The molecule has 0 atom stereocenters.